The molecule has 3 N–H and O–H groups in total. The van der Waals surface area contributed by atoms with Crippen LogP contribution < -0.4 is 11.3 Å². The Morgan fingerprint density at radius 1 is 1.55 bits per heavy atom. The van der Waals surface area contributed by atoms with Crippen molar-refractivity contribution in [1.29, 1.82) is 0 Å². The summed E-state index contributed by atoms with van der Waals surface area (Å²) in [5.74, 6) is 5.80. The van der Waals surface area contributed by atoms with Crippen LogP contribution in [0.3, 0.4) is 0 Å². The van der Waals surface area contributed by atoms with E-state index in [1.165, 1.54) is 0 Å². The minimum Gasteiger partial charge on any atom is -0.323 e. The Labute approximate surface area is 84.2 Å². The number of alkyl halides is 1. The quantitative estimate of drug-likeness (QED) is 0.378. The lowest BCUT2D eigenvalue weighted by Gasteiger charge is -2.03. The predicted octanol–water partition coefficient (Wildman–Crippen LogP) is 2.32. The molecule has 0 spiro atoms. The monoisotopic (exact) mass is 282 g/mol. The van der Waals surface area contributed by atoms with E-state index in [2.05, 4.69) is 28.0 Å². The molecule has 0 saturated carbocycles. The van der Waals surface area contributed by atoms with Crippen molar-refractivity contribution in [2.24, 2.45) is 5.84 Å². The highest BCUT2D eigenvalue weighted by atomic mass is 127. The first kappa shape index (κ1) is 9.09. The first-order chi connectivity index (χ1) is 5.27. The molecule has 0 bridgehead atoms. The fourth-order valence-electron chi connectivity index (χ4n) is 0.759. The van der Waals surface area contributed by atoms with Crippen LogP contribution in [0.5, 0.6) is 0 Å². The number of nitrogen functional groups attached to an aromatic ring is 1. The largest absolute Gasteiger partial charge is 0.323 e. The number of halogens is 2. The second-order valence-corrected chi connectivity index (χ2v) is 3.52. The second kappa shape index (κ2) is 4.13. The summed E-state index contributed by atoms with van der Waals surface area (Å²) in [7, 11) is 0. The fraction of sp³-hybridized carbons (Fsp3) is 0.143. The van der Waals surface area contributed by atoms with Gasteiger partial charge in [-0.05, 0) is 40.3 Å². The van der Waals surface area contributed by atoms with Crippen molar-refractivity contribution in [2.45, 2.75) is 5.88 Å². The summed E-state index contributed by atoms with van der Waals surface area (Å²) < 4.78 is 1.09. The number of nitrogens with one attached hydrogen (secondary N) is 1. The lowest BCUT2D eigenvalue weighted by Crippen LogP contribution is -2.08. The van der Waals surface area contributed by atoms with Gasteiger partial charge in [0.25, 0.3) is 0 Å². The maximum atomic E-state index is 5.64. The van der Waals surface area contributed by atoms with Gasteiger partial charge in [0.15, 0.2) is 0 Å². The maximum absolute atomic E-state index is 5.64. The van der Waals surface area contributed by atoms with E-state index < -0.39 is 0 Å². The van der Waals surface area contributed by atoms with Crippen LogP contribution in [0, 0.1) is 3.57 Å². The molecule has 0 radical (unpaired) electrons. The van der Waals surface area contributed by atoms with Crippen molar-refractivity contribution in [3.63, 3.8) is 0 Å². The molecular weight excluding hydrogens is 274 g/mol. The van der Waals surface area contributed by atoms with E-state index in [9.17, 15) is 0 Å². The molecule has 0 atom stereocenters. The number of hydrogen-bond acceptors (Lipinski definition) is 2. The standard InChI is InChI=1S/C7H8ClIN2/c8-4-5-1-2-7(11-10)6(9)3-5/h1-3,11H,4,10H2. The molecule has 1 rings (SSSR count). The van der Waals surface area contributed by atoms with Gasteiger partial charge in [0.05, 0.1) is 5.69 Å². The summed E-state index contributed by atoms with van der Waals surface area (Å²) in [4.78, 5) is 0. The van der Waals surface area contributed by atoms with Crippen LogP contribution in [0.25, 0.3) is 0 Å². The van der Waals surface area contributed by atoms with Crippen LogP contribution in [0.4, 0.5) is 5.69 Å². The summed E-state index contributed by atoms with van der Waals surface area (Å²) in [6, 6.07) is 5.87. The smallest absolute Gasteiger partial charge is 0.0618 e. The molecule has 0 amide bonds. The van der Waals surface area contributed by atoms with Gasteiger partial charge < -0.3 is 5.43 Å². The third kappa shape index (κ3) is 2.21. The van der Waals surface area contributed by atoms with Crippen molar-refractivity contribution in [1.82, 2.24) is 0 Å². The first-order valence-corrected chi connectivity index (χ1v) is 4.70. The molecule has 4 heteroatoms. The zero-order valence-corrected chi connectivity index (χ0v) is 8.69. The van der Waals surface area contributed by atoms with Crippen molar-refractivity contribution in [3.8, 4) is 0 Å². The summed E-state index contributed by atoms with van der Waals surface area (Å²) in [6.45, 7) is 0. The summed E-state index contributed by atoms with van der Waals surface area (Å²) >= 11 is 7.85. The van der Waals surface area contributed by atoms with E-state index in [1.54, 1.807) is 0 Å². The zero-order chi connectivity index (χ0) is 8.27. The molecule has 2 nitrogen and oxygen atoms in total. The Morgan fingerprint density at radius 3 is 2.73 bits per heavy atom. The molecule has 0 aromatic heterocycles. The van der Waals surface area contributed by atoms with E-state index in [0.717, 1.165) is 14.8 Å². The molecule has 0 aliphatic heterocycles. The Hall–Kier alpha value is -0.000000000000000111. The van der Waals surface area contributed by atoms with Gasteiger partial charge in [-0.1, -0.05) is 6.07 Å². The number of nitrogens with two attached hydrogens (primary N) is 1. The molecule has 0 aliphatic rings. The average Bonchev–Trinajstić information content (AvgIpc) is 2.04. The number of anilines is 1. The highest BCUT2D eigenvalue weighted by molar-refractivity contribution is 14.1. The van der Waals surface area contributed by atoms with Crippen molar-refractivity contribution >= 4 is 39.9 Å². The molecule has 0 unspecified atom stereocenters. The second-order valence-electron chi connectivity index (χ2n) is 2.09. The number of hydrazine groups is 1. The van der Waals surface area contributed by atoms with E-state index in [0.29, 0.717) is 5.88 Å². The number of hydrogen-bond donors (Lipinski definition) is 2. The van der Waals surface area contributed by atoms with Crippen LogP contribution >= 0.6 is 34.2 Å². The minimum absolute atomic E-state index is 0.543. The first-order valence-electron chi connectivity index (χ1n) is 3.09. The van der Waals surface area contributed by atoms with Crippen LogP contribution in [-0.4, -0.2) is 0 Å². The van der Waals surface area contributed by atoms with Gasteiger partial charge in [0.2, 0.25) is 0 Å². The molecule has 0 saturated heterocycles. The average molecular weight is 283 g/mol. The van der Waals surface area contributed by atoms with Crippen molar-refractivity contribution in [3.05, 3.63) is 27.3 Å². The molecular formula is C7H8ClIN2. The Bertz CT molecular complexity index is 252. The van der Waals surface area contributed by atoms with E-state index in [-0.39, 0.29) is 0 Å². The normalized spacial score (nSPS) is 9.73. The molecule has 60 valence electrons. The van der Waals surface area contributed by atoms with Gasteiger partial charge in [-0.2, -0.15) is 0 Å². The minimum atomic E-state index is 0.543. The van der Waals surface area contributed by atoms with E-state index >= 15 is 0 Å². The highest BCUT2D eigenvalue weighted by Crippen LogP contribution is 2.19. The van der Waals surface area contributed by atoms with Gasteiger partial charge in [-0.3, -0.25) is 5.84 Å². The lowest BCUT2D eigenvalue weighted by atomic mass is 10.2. The van der Waals surface area contributed by atoms with Gasteiger partial charge >= 0.3 is 0 Å². The molecule has 0 heterocycles. The lowest BCUT2D eigenvalue weighted by molar-refractivity contribution is 1.31. The summed E-state index contributed by atoms with van der Waals surface area (Å²) in [5.41, 5.74) is 4.63. The Kier molecular flexibility index (Phi) is 3.42. The summed E-state index contributed by atoms with van der Waals surface area (Å²) in [5, 5.41) is 0. The third-order valence-corrected chi connectivity index (χ3v) is 2.54. The fourth-order valence-corrected chi connectivity index (χ4v) is 1.66. The zero-order valence-electron chi connectivity index (χ0n) is 5.77. The van der Waals surface area contributed by atoms with E-state index in [1.807, 2.05) is 18.2 Å². The Balaban J connectivity index is 2.99. The molecule has 1 aromatic carbocycles. The SMILES string of the molecule is NNc1ccc(CCl)cc1I. The van der Waals surface area contributed by atoms with E-state index in [4.69, 9.17) is 17.4 Å². The third-order valence-electron chi connectivity index (χ3n) is 1.34. The molecule has 0 fully saturated rings. The van der Waals surface area contributed by atoms with Gasteiger partial charge in [0, 0.05) is 9.45 Å². The predicted molar refractivity (Wildman–Crippen MR) is 56.5 cm³/mol. The van der Waals surface area contributed by atoms with Gasteiger partial charge in [0.1, 0.15) is 0 Å². The van der Waals surface area contributed by atoms with Crippen LogP contribution in [-0.2, 0) is 5.88 Å². The number of benzene rings is 1. The van der Waals surface area contributed by atoms with Crippen molar-refractivity contribution < 1.29 is 0 Å². The van der Waals surface area contributed by atoms with Crippen LogP contribution in [0.1, 0.15) is 5.56 Å². The van der Waals surface area contributed by atoms with Crippen LogP contribution in [0.2, 0.25) is 0 Å². The van der Waals surface area contributed by atoms with Gasteiger partial charge in [-0.15, -0.1) is 11.6 Å². The maximum Gasteiger partial charge on any atom is 0.0618 e. The molecule has 1 aromatic rings. The van der Waals surface area contributed by atoms with Crippen LogP contribution in [0.15, 0.2) is 18.2 Å². The topological polar surface area (TPSA) is 38.0 Å². The van der Waals surface area contributed by atoms with Gasteiger partial charge in [-0.25, -0.2) is 0 Å². The molecule has 0 aliphatic carbocycles. The Morgan fingerprint density at radius 2 is 2.27 bits per heavy atom. The number of rotatable bonds is 2. The summed E-state index contributed by atoms with van der Waals surface area (Å²) in [6.07, 6.45) is 0. The van der Waals surface area contributed by atoms with Crippen molar-refractivity contribution in [2.75, 3.05) is 5.43 Å². The molecule has 11 heavy (non-hydrogen) atoms. The highest BCUT2D eigenvalue weighted by Gasteiger charge is 1.97.